The molecular formula is C16H16N6O2. The molecule has 3 rings (SSSR count). The second kappa shape index (κ2) is 6.45. The highest BCUT2D eigenvalue weighted by Crippen LogP contribution is 2.09. The van der Waals surface area contributed by atoms with E-state index in [2.05, 4.69) is 25.6 Å². The van der Waals surface area contributed by atoms with Crippen LogP contribution in [0.25, 0.3) is 5.78 Å². The molecule has 1 N–H and O–H groups in total. The van der Waals surface area contributed by atoms with Gasteiger partial charge in [0.15, 0.2) is 0 Å². The summed E-state index contributed by atoms with van der Waals surface area (Å²) in [6, 6.07) is 9.14. The quantitative estimate of drug-likeness (QED) is 0.580. The Morgan fingerprint density at radius 3 is 2.71 bits per heavy atom. The molecule has 0 unspecified atom stereocenters. The van der Waals surface area contributed by atoms with Gasteiger partial charge in [0, 0.05) is 11.4 Å². The standard InChI is InChI=1S/C16H16N6O2/c1-10-8-11(2)22-16(18-10)19-14(21-22)15(23)20-17-9-12-4-6-13(24-3)7-5-12/h4-9H,1-3H3,(H,20,23)/b17-9-. The van der Waals surface area contributed by atoms with Gasteiger partial charge in [0.05, 0.1) is 13.3 Å². The molecule has 122 valence electrons. The van der Waals surface area contributed by atoms with Gasteiger partial charge in [-0.1, -0.05) is 0 Å². The van der Waals surface area contributed by atoms with Crippen molar-refractivity contribution in [2.75, 3.05) is 7.11 Å². The van der Waals surface area contributed by atoms with Crippen molar-refractivity contribution in [2.24, 2.45) is 5.10 Å². The number of ether oxygens (including phenoxy) is 1. The molecule has 0 bridgehead atoms. The number of nitrogens with one attached hydrogen (secondary N) is 1. The molecule has 0 spiro atoms. The van der Waals surface area contributed by atoms with Gasteiger partial charge in [0.1, 0.15) is 5.75 Å². The number of rotatable bonds is 4. The first-order valence-electron chi connectivity index (χ1n) is 7.25. The second-order valence-corrected chi connectivity index (χ2v) is 5.16. The lowest BCUT2D eigenvalue weighted by Crippen LogP contribution is -2.19. The zero-order valence-electron chi connectivity index (χ0n) is 13.5. The van der Waals surface area contributed by atoms with Gasteiger partial charge in [-0.15, -0.1) is 5.10 Å². The maximum Gasteiger partial charge on any atom is 0.311 e. The third kappa shape index (κ3) is 3.22. The van der Waals surface area contributed by atoms with Gasteiger partial charge in [-0.2, -0.15) is 10.1 Å². The Morgan fingerprint density at radius 2 is 2.00 bits per heavy atom. The minimum atomic E-state index is -0.498. The van der Waals surface area contributed by atoms with Crippen LogP contribution < -0.4 is 10.2 Å². The third-order valence-corrected chi connectivity index (χ3v) is 3.32. The molecule has 2 aromatic heterocycles. The van der Waals surface area contributed by atoms with E-state index in [0.29, 0.717) is 5.78 Å². The van der Waals surface area contributed by atoms with E-state index in [4.69, 9.17) is 4.74 Å². The van der Waals surface area contributed by atoms with Gasteiger partial charge in [-0.3, -0.25) is 4.79 Å². The summed E-state index contributed by atoms with van der Waals surface area (Å²) in [5.41, 5.74) is 4.90. The van der Waals surface area contributed by atoms with Crippen LogP contribution in [0.5, 0.6) is 5.75 Å². The molecule has 0 aliphatic carbocycles. The summed E-state index contributed by atoms with van der Waals surface area (Å²) in [5, 5.41) is 8.05. The lowest BCUT2D eigenvalue weighted by atomic mass is 10.2. The SMILES string of the molecule is COc1ccc(/C=N\NC(=O)c2nc3nc(C)cc(C)n3n2)cc1. The maximum absolute atomic E-state index is 12.1. The van der Waals surface area contributed by atoms with E-state index in [0.717, 1.165) is 22.7 Å². The van der Waals surface area contributed by atoms with Crippen LogP contribution in [0.4, 0.5) is 0 Å². The Bertz CT molecular complexity index is 914. The molecule has 3 aromatic rings. The Balaban J connectivity index is 1.72. The first-order chi connectivity index (χ1) is 11.6. The van der Waals surface area contributed by atoms with Crippen LogP contribution in [0.1, 0.15) is 27.6 Å². The Morgan fingerprint density at radius 1 is 1.25 bits per heavy atom. The Hall–Kier alpha value is -3.29. The molecule has 0 atom stereocenters. The van der Waals surface area contributed by atoms with E-state index < -0.39 is 5.91 Å². The number of aromatic nitrogens is 4. The zero-order chi connectivity index (χ0) is 17.1. The molecule has 8 heteroatoms. The van der Waals surface area contributed by atoms with Crippen LogP contribution in [0.3, 0.4) is 0 Å². The van der Waals surface area contributed by atoms with Crippen molar-refractivity contribution >= 4 is 17.9 Å². The summed E-state index contributed by atoms with van der Waals surface area (Å²) in [7, 11) is 1.60. The number of nitrogens with zero attached hydrogens (tertiary/aromatic N) is 5. The molecule has 2 heterocycles. The van der Waals surface area contributed by atoms with Gasteiger partial charge >= 0.3 is 5.91 Å². The molecule has 0 fully saturated rings. The molecular weight excluding hydrogens is 308 g/mol. The van der Waals surface area contributed by atoms with E-state index in [1.807, 2.05) is 44.2 Å². The molecule has 0 aliphatic rings. The number of hydrazone groups is 1. The van der Waals surface area contributed by atoms with Gasteiger partial charge in [-0.25, -0.2) is 14.9 Å². The van der Waals surface area contributed by atoms with Crippen LogP contribution in [0, 0.1) is 13.8 Å². The normalized spacial score (nSPS) is 11.1. The highest BCUT2D eigenvalue weighted by molar-refractivity contribution is 5.91. The molecule has 0 radical (unpaired) electrons. The van der Waals surface area contributed by atoms with E-state index in [-0.39, 0.29) is 5.82 Å². The predicted molar refractivity (Wildman–Crippen MR) is 88.3 cm³/mol. The summed E-state index contributed by atoms with van der Waals surface area (Å²) in [4.78, 5) is 20.5. The van der Waals surface area contributed by atoms with Crippen molar-refractivity contribution in [1.82, 2.24) is 25.0 Å². The average molecular weight is 324 g/mol. The first kappa shape index (κ1) is 15.6. The van der Waals surface area contributed by atoms with Gasteiger partial charge in [0.25, 0.3) is 5.78 Å². The van der Waals surface area contributed by atoms with E-state index >= 15 is 0 Å². The number of aryl methyl sites for hydroxylation is 2. The Kier molecular flexibility index (Phi) is 4.19. The number of fused-ring (bicyclic) bond motifs is 1. The van der Waals surface area contributed by atoms with E-state index in [1.54, 1.807) is 7.11 Å². The third-order valence-electron chi connectivity index (χ3n) is 3.32. The van der Waals surface area contributed by atoms with Crippen molar-refractivity contribution in [3.8, 4) is 5.75 Å². The highest BCUT2D eigenvalue weighted by Gasteiger charge is 2.14. The van der Waals surface area contributed by atoms with Crippen molar-refractivity contribution < 1.29 is 9.53 Å². The van der Waals surface area contributed by atoms with Gasteiger partial charge in [0.2, 0.25) is 5.82 Å². The zero-order valence-corrected chi connectivity index (χ0v) is 13.5. The Labute approximate surface area is 138 Å². The van der Waals surface area contributed by atoms with Crippen LogP contribution in [-0.4, -0.2) is 38.8 Å². The van der Waals surface area contributed by atoms with Crippen molar-refractivity contribution in [1.29, 1.82) is 0 Å². The number of hydrogen-bond donors (Lipinski definition) is 1. The van der Waals surface area contributed by atoms with Gasteiger partial charge < -0.3 is 4.74 Å². The number of methoxy groups -OCH3 is 1. The summed E-state index contributed by atoms with van der Waals surface area (Å²) >= 11 is 0. The number of hydrogen-bond acceptors (Lipinski definition) is 6. The molecule has 0 saturated carbocycles. The number of carbonyl (C=O) groups excluding carboxylic acids is 1. The fourth-order valence-electron chi connectivity index (χ4n) is 2.17. The highest BCUT2D eigenvalue weighted by atomic mass is 16.5. The summed E-state index contributed by atoms with van der Waals surface area (Å²) in [6.45, 7) is 3.74. The lowest BCUT2D eigenvalue weighted by molar-refractivity contribution is 0.0945. The molecule has 8 nitrogen and oxygen atoms in total. The number of carbonyl (C=O) groups is 1. The van der Waals surface area contributed by atoms with Crippen LogP contribution >= 0.6 is 0 Å². The molecule has 1 amide bonds. The molecule has 0 aliphatic heterocycles. The summed E-state index contributed by atoms with van der Waals surface area (Å²) in [6.07, 6.45) is 1.53. The minimum absolute atomic E-state index is 0.0167. The fourth-order valence-corrected chi connectivity index (χ4v) is 2.17. The summed E-state index contributed by atoms with van der Waals surface area (Å²) in [5.74, 6) is 0.658. The molecule has 0 saturated heterocycles. The minimum Gasteiger partial charge on any atom is -0.497 e. The van der Waals surface area contributed by atoms with Crippen molar-refractivity contribution in [3.63, 3.8) is 0 Å². The summed E-state index contributed by atoms with van der Waals surface area (Å²) < 4.78 is 6.60. The maximum atomic E-state index is 12.1. The lowest BCUT2D eigenvalue weighted by Gasteiger charge is -1.99. The number of benzene rings is 1. The number of amides is 1. The second-order valence-electron chi connectivity index (χ2n) is 5.16. The van der Waals surface area contributed by atoms with Gasteiger partial charge in [-0.05, 0) is 49.7 Å². The fraction of sp³-hybridized carbons (Fsp3) is 0.188. The van der Waals surface area contributed by atoms with Crippen LogP contribution in [0.15, 0.2) is 35.4 Å². The van der Waals surface area contributed by atoms with Crippen LogP contribution in [0.2, 0.25) is 0 Å². The predicted octanol–water partition coefficient (Wildman–Crippen LogP) is 1.51. The van der Waals surface area contributed by atoms with Crippen molar-refractivity contribution in [3.05, 3.63) is 53.1 Å². The monoisotopic (exact) mass is 324 g/mol. The largest absolute Gasteiger partial charge is 0.497 e. The average Bonchev–Trinajstić information content (AvgIpc) is 3.00. The smallest absolute Gasteiger partial charge is 0.311 e. The van der Waals surface area contributed by atoms with Crippen LogP contribution in [-0.2, 0) is 0 Å². The topological polar surface area (TPSA) is 93.8 Å². The van der Waals surface area contributed by atoms with Crippen molar-refractivity contribution in [2.45, 2.75) is 13.8 Å². The van der Waals surface area contributed by atoms with E-state index in [9.17, 15) is 4.79 Å². The van der Waals surface area contributed by atoms with E-state index in [1.165, 1.54) is 10.7 Å². The molecule has 24 heavy (non-hydrogen) atoms. The molecule has 1 aromatic carbocycles. The first-order valence-corrected chi connectivity index (χ1v) is 7.25.